The van der Waals surface area contributed by atoms with E-state index in [1.54, 1.807) is 0 Å². The molecule has 0 atom stereocenters. The Morgan fingerprint density at radius 3 is 2.00 bits per heavy atom. The molecule has 0 unspecified atom stereocenters. The molecule has 6 rings (SSSR count). The maximum Gasteiger partial charge on any atom is 0.210 e. The van der Waals surface area contributed by atoms with Gasteiger partial charge in [-0.15, -0.1) is 0 Å². The fourth-order valence-electron chi connectivity index (χ4n) is 7.95. The molecule has 0 bridgehead atoms. The van der Waals surface area contributed by atoms with Gasteiger partial charge in [0.25, 0.3) is 0 Å². The summed E-state index contributed by atoms with van der Waals surface area (Å²) in [6.07, 6.45) is 18.9. The van der Waals surface area contributed by atoms with Gasteiger partial charge in [-0.25, -0.2) is 0 Å². The maximum atomic E-state index is 2.59. The Morgan fingerprint density at radius 2 is 1.29 bits per heavy atom. The Morgan fingerprint density at radius 1 is 0.644 bits per heavy atom. The van der Waals surface area contributed by atoms with E-state index in [0.29, 0.717) is 0 Å². The van der Waals surface area contributed by atoms with Crippen LogP contribution >= 0.6 is 0 Å². The van der Waals surface area contributed by atoms with E-state index in [4.69, 9.17) is 0 Å². The van der Waals surface area contributed by atoms with Crippen molar-refractivity contribution in [3.05, 3.63) is 120 Å². The summed E-state index contributed by atoms with van der Waals surface area (Å²) in [6, 6.07) is 27.1. The fraction of sp³-hybridized carbons (Fsp3) is 0.372. The van der Waals surface area contributed by atoms with Gasteiger partial charge >= 0.3 is 0 Å². The molecule has 2 nitrogen and oxygen atoms in total. The summed E-state index contributed by atoms with van der Waals surface area (Å²) in [5.41, 5.74) is 8.31. The molecule has 2 heterocycles. The highest BCUT2D eigenvalue weighted by Gasteiger charge is 2.45. The number of nitrogens with zero attached hydrogens (tertiary/aromatic N) is 2. The van der Waals surface area contributed by atoms with E-state index < -0.39 is 0 Å². The van der Waals surface area contributed by atoms with Crippen molar-refractivity contribution in [1.82, 2.24) is 0 Å². The van der Waals surface area contributed by atoms with Gasteiger partial charge in [0.2, 0.25) is 5.69 Å². The van der Waals surface area contributed by atoms with Gasteiger partial charge in [0.1, 0.15) is 6.54 Å². The first kappa shape index (κ1) is 31.1. The second-order valence-corrected chi connectivity index (χ2v) is 14.0. The Balaban J connectivity index is 1.34. The Hall–Kier alpha value is -3.91. The van der Waals surface area contributed by atoms with E-state index in [-0.39, 0.29) is 10.8 Å². The summed E-state index contributed by atoms with van der Waals surface area (Å²) < 4.78 is 2.59. The molecule has 2 aliphatic rings. The van der Waals surface area contributed by atoms with E-state index >= 15 is 0 Å². The summed E-state index contributed by atoms with van der Waals surface area (Å²) in [7, 11) is 0. The first-order chi connectivity index (χ1) is 21.8. The van der Waals surface area contributed by atoms with Gasteiger partial charge in [-0.05, 0) is 72.0 Å². The number of unbranched alkanes of at least 4 members (excludes halogenated alkanes) is 4. The summed E-state index contributed by atoms with van der Waals surface area (Å²) in [5.74, 6) is 0. The molecule has 2 aliphatic heterocycles. The lowest BCUT2D eigenvalue weighted by atomic mass is 9.79. The summed E-state index contributed by atoms with van der Waals surface area (Å²) in [6.45, 7) is 16.3. The van der Waals surface area contributed by atoms with Crippen LogP contribution in [-0.2, 0) is 10.8 Å². The van der Waals surface area contributed by atoms with Crippen LogP contribution in [-0.4, -0.2) is 23.4 Å². The Kier molecular flexibility index (Phi) is 8.87. The van der Waals surface area contributed by atoms with Crippen LogP contribution in [0.3, 0.4) is 0 Å². The van der Waals surface area contributed by atoms with Gasteiger partial charge in [0.15, 0.2) is 5.71 Å². The molecular weight excluding hydrogens is 544 g/mol. The van der Waals surface area contributed by atoms with Crippen LogP contribution in [0.4, 0.5) is 11.4 Å². The average Bonchev–Trinajstić information content (AvgIpc) is 3.39. The summed E-state index contributed by atoms with van der Waals surface area (Å²) in [5, 5.41) is 5.41. The first-order valence-electron chi connectivity index (χ1n) is 17.3. The molecule has 45 heavy (non-hydrogen) atoms. The second-order valence-electron chi connectivity index (χ2n) is 14.0. The van der Waals surface area contributed by atoms with Gasteiger partial charge in [-0.3, -0.25) is 0 Å². The van der Waals surface area contributed by atoms with Crippen molar-refractivity contribution in [2.75, 3.05) is 18.0 Å². The number of rotatable bonds is 11. The third kappa shape index (κ3) is 5.58. The minimum atomic E-state index is -0.0720. The topological polar surface area (TPSA) is 6.25 Å². The van der Waals surface area contributed by atoms with E-state index in [0.717, 1.165) is 13.1 Å². The predicted molar refractivity (Wildman–Crippen MR) is 197 cm³/mol. The number of hydrogen-bond donors (Lipinski definition) is 0. The van der Waals surface area contributed by atoms with Crippen LogP contribution in [0.2, 0.25) is 0 Å². The Labute approximate surface area is 271 Å². The van der Waals surface area contributed by atoms with Crippen LogP contribution in [0.1, 0.15) is 91.2 Å². The van der Waals surface area contributed by atoms with Crippen LogP contribution in [0.5, 0.6) is 0 Å². The molecule has 4 aromatic rings. The van der Waals surface area contributed by atoms with Gasteiger partial charge < -0.3 is 4.90 Å². The molecule has 0 amide bonds. The average molecular weight is 596 g/mol. The zero-order chi connectivity index (χ0) is 31.6. The minimum absolute atomic E-state index is 0.0720. The van der Waals surface area contributed by atoms with Crippen LogP contribution in [0.25, 0.3) is 21.5 Å². The quantitative estimate of drug-likeness (QED) is 0.0949. The molecule has 0 N–H and O–H groups in total. The van der Waals surface area contributed by atoms with Crippen molar-refractivity contribution in [2.24, 2.45) is 0 Å². The highest BCUT2D eigenvalue weighted by atomic mass is 15.2. The van der Waals surface area contributed by atoms with Crippen molar-refractivity contribution in [3.8, 4) is 0 Å². The number of anilines is 1. The molecule has 0 fully saturated rings. The zero-order valence-corrected chi connectivity index (χ0v) is 28.4. The van der Waals surface area contributed by atoms with Crippen LogP contribution in [0, 0.1) is 0 Å². The minimum Gasteiger partial charge on any atom is -0.344 e. The molecule has 2 heteroatoms. The summed E-state index contributed by atoms with van der Waals surface area (Å²) in [4.78, 5) is 2.59. The molecule has 0 spiro atoms. The molecule has 0 aromatic heterocycles. The number of hydrogen-bond acceptors (Lipinski definition) is 1. The monoisotopic (exact) mass is 595 g/mol. The van der Waals surface area contributed by atoms with Crippen LogP contribution < -0.4 is 4.90 Å². The van der Waals surface area contributed by atoms with Crippen molar-refractivity contribution in [3.63, 3.8) is 0 Å². The SMILES string of the molecule is CCCCCN1/C(=C/C=C/C=C/C2=[N+](CCCCC)c3ccc4ccccc4c3C2(C)C)C(C)(C)c2c1ccc1ccccc21. The maximum absolute atomic E-state index is 2.59. The Bertz CT molecular complexity index is 1830. The molecular formula is C43H51N2+. The number of allylic oxidation sites excluding steroid dienone is 6. The van der Waals surface area contributed by atoms with E-state index in [2.05, 4.69) is 154 Å². The summed E-state index contributed by atoms with van der Waals surface area (Å²) >= 11 is 0. The van der Waals surface area contributed by atoms with Crippen molar-refractivity contribution in [1.29, 1.82) is 0 Å². The van der Waals surface area contributed by atoms with Crippen molar-refractivity contribution < 1.29 is 4.58 Å². The molecule has 232 valence electrons. The fourth-order valence-corrected chi connectivity index (χ4v) is 7.95. The van der Waals surface area contributed by atoms with Gasteiger partial charge in [-0.1, -0.05) is 120 Å². The third-order valence-electron chi connectivity index (χ3n) is 10.2. The lowest BCUT2D eigenvalue weighted by molar-refractivity contribution is -0.438. The third-order valence-corrected chi connectivity index (χ3v) is 10.2. The van der Waals surface area contributed by atoms with Crippen LogP contribution in [0.15, 0.2) is 109 Å². The normalized spacial score (nSPS) is 17.9. The molecule has 0 radical (unpaired) electrons. The number of benzene rings is 4. The highest BCUT2D eigenvalue weighted by molar-refractivity contribution is 6.07. The molecule has 0 saturated carbocycles. The van der Waals surface area contributed by atoms with Gasteiger partial charge in [0, 0.05) is 47.5 Å². The molecule has 4 aromatic carbocycles. The van der Waals surface area contributed by atoms with Gasteiger partial charge in [-0.2, -0.15) is 4.58 Å². The van der Waals surface area contributed by atoms with E-state index in [9.17, 15) is 0 Å². The predicted octanol–water partition coefficient (Wildman–Crippen LogP) is 11.5. The number of fused-ring (bicyclic) bond motifs is 6. The molecule has 0 saturated heterocycles. The second kappa shape index (κ2) is 12.8. The smallest absolute Gasteiger partial charge is 0.210 e. The lowest BCUT2D eigenvalue weighted by Gasteiger charge is -2.27. The highest BCUT2D eigenvalue weighted by Crippen LogP contribution is 2.51. The van der Waals surface area contributed by atoms with E-state index in [1.807, 2.05) is 0 Å². The molecule has 0 aliphatic carbocycles. The van der Waals surface area contributed by atoms with E-state index in [1.165, 1.54) is 94.0 Å². The standard InChI is InChI=1S/C43H51N2/c1-7-9-18-30-44-36-28-26-32-20-14-16-22-34(32)40(36)42(3,4)38(44)24-12-11-13-25-39-43(5,6)41-35-23-17-15-21-33(35)27-29-37(41)45(39)31-19-10-8-2/h11-17,20-29H,7-10,18-19,30-31H2,1-6H3/q+1. The van der Waals surface area contributed by atoms with Gasteiger partial charge in [0.05, 0.1) is 5.41 Å². The first-order valence-corrected chi connectivity index (χ1v) is 17.3. The van der Waals surface area contributed by atoms with Crippen molar-refractivity contribution >= 4 is 38.6 Å². The zero-order valence-electron chi connectivity index (χ0n) is 28.4. The van der Waals surface area contributed by atoms with Crippen molar-refractivity contribution in [2.45, 2.75) is 90.9 Å². The largest absolute Gasteiger partial charge is 0.344 e. The lowest BCUT2D eigenvalue weighted by Crippen LogP contribution is -2.28.